The standard InChI is InChI=1S/C16H21NO4/c1-10-8-13(20-5)12(9-18)11-6-7-17(14(10)11)15(19)21-16(2,3)4/h6-8,18H,9H2,1-5H3/i5D3. The van der Waals surface area contributed by atoms with Crippen LogP contribution in [0.15, 0.2) is 18.3 Å². The number of aryl methyl sites for hydroxylation is 1. The first-order valence-electron chi connectivity index (χ1n) is 8.10. The van der Waals surface area contributed by atoms with Crippen molar-refractivity contribution in [1.29, 1.82) is 0 Å². The van der Waals surface area contributed by atoms with Crippen LogP contribution in [0, 0.1) is 6.92 Å². The number of aliphatic hydroxyl groups is 1. The highest BCUT2D eigenvalue weighted by Crippen LogP contribution is 2.32. The van der Waals surface area contributed by atoms with Crippen molar-refractivity contribution in [2.24, 2.45) is 0 Å². The van der Waals surface area contributed by atoms with Gasteiger partial charge in [-0.2, -0.15) is 0 Å². The van der Waals surface area contributed by atoms with E-state index in [-0.39, 0.29) is 5.75 Å². The van der Waals surface area contributed by atoms with Gasteiger partial charge in [0.1, 0.15) is 11.4 Å². The molecule has 0 saturated carbocycles. The lowest BCUT2D eigenvalue weighted by atomic mass is 10.1. The third-order valence-corrected chi connectivity index (χ3v) is 3.09. The fraction of sp³-hybridized carbons (Fsp3) is 0.438. The maximum atomic E-state index is 12.4. The number of aliphatic hydroxyl groups excluding tert-OH is 1. The van der Waals surface area contributed by atoms with E-state index in [4.69, 9.17) is 13.6 Å². The van der Waals surface area contributed by atoms with E-state index in [0.29, 0.717) is 22.0 Å². The smallest absolute Gasteiger partial charge is 0.419 e. The highest BCUT2D eigenvalue weighted by Gasteiger charge is 2.21. The minimum absolute atomic E-state index is 0.0736. The Bertz CT molecular complexity index is 772. The second-order valence-corrected chi connectivity index (χ2v) is 5.86. The molecular weight excluding hydrogens is 270 g/mol. The van der Waals surface area contributed by atoms with E-state index in [1.165, 1.54) is 16.8 Å². The average Bonchev–Trinajstić information content (AvgIpc) is 2.80. The molecule has 0 amide bonds. The van der Waals surface area contributed by atoms with Crippen LogP contribution >= 0.6 is 0 Å². The molecular formula is C16H21NO4. The molecule has 1 N–H and O–H groups in total. The Hall–Kier alpha value is -2.01. The summed E-state index contributed by atoms with van der Waals surface area (Å²) in [6.45, 7) is 6.62. The van der Waals surface area contributed by atoms with Crippen LogP contribution in [-0.4, -0.2) is 28.4 Å². The summed E-state index contributed by atoms with van der Waals surface area (Å²) in [5, 5.41) is 10.2. The highest BCUT2D eigenvalue weighted by atomic mass is 16.6. The molecule has 0 atom stereocenters. The lowest BCUT2D eigenvalue weighted by Crippen LogP contribution is -2.26. The summed E-state index contributed by atoms with van der Waals surface area (Å²) in [7, 11) is -2.63. The molecule has 0 radical (unpaired) electrons. The zero-order chi connectivity index (χ0) is 18.3. The van der Waals surface area contributed by atoms with E-state index in [1.807, 2.05) is 0 Å². The first kappa shape index (κ1) is 11.6. The number of ether oxygens (including phenoxy) is 2. The maximum Gasteiger partial charge on any atom is 0.419 e. The number of hydrogen-bond acceptors (Lipinski definition) is 4. The summed E-state index contributed by atoms with van der Waals surface area (Å²) in [6.07, 6.45) is 0.985. The second kappa shape index (κ2) is 5.41. The van der Waals surface area contributed by atoms with Gasteiger partial charge in [0.15, 0.2) is 0 Å². The molecule has 114 valence electrons. The molecule has 5 nitrogen and oxygen atoms in total. The van der Waals surface area contributed by atoms with Crippen LogP contribution in [-0.2, 0) is 11.3 Å². The molecule has 2 aromatic rings. The minimum Gasteiger partial charge on any atom is -0.496 e. The van der Waals surface area contributed by atoms with Gasteiger partial charge < -0.3 is 14.6 Å². The molecule has 1 aromatic carbocycles. The molecule has 2 rings (SSSR count). The summed E-state index contributed by atoms with van der Waals surface area (Å²) >= 11 is 0. The van der Waals surface area contributed by atoms with Crippen LogP contribution < -0.4 is 4.74 Å². The van der Waals surface area contributed by atoms with Gasteiger partial charge in [0, 0.05) is 17.1 Å². The monoisotopic (exact) mass is 294 g/mol. The third-order valence-electron chi connectivity index (χ3n) is 3.09. The lowest BCUT2D eigenvalue weighted by Gasteiger charge is -2.20. The number of aromatic nitrogens is 1. The molecule has 1 aromatic heterocycles. The van der Waals surface area contributed by atoms with Crippen molar-refractivity contribution in [3.63, 3.8) is 0 Å². The molecule has 0 spiro atoms. The van der Waals surface area contributed by atoms with Gasteiger partial charge in [0.25, 0.3) is 0 Å². The molecule has 0 unspecified atom stereocenters. The SMILES string of the molecule is [2H]C([2H])([2H])Oc1cc(C)c2c(ccn2C(=O)OC(C)(C)C)c1CO. The summed E-state index contributed by atoms with van der Waals surface area (Å²) in [5.74, 6) is 0.0736. The topological polar surface area (TPSA) is 60.7 Å². The summed E-state index contributed by atoms with van der Waals surface area (Å²) < 4.78 is 33.4. The van der Waals surface area contributed by atoms with Crippen LogP contribution in [0.3, 0.4) is 0 Å². The fourth-order valence-electron chi connectivity index (χ4n) is 2.28. The Balaban J connectivity index is 2.59. The number of methoxy groups -OCH3 is 1. The van der Waals surface area contributed by atoms with Crippen molar-refractivity contribution in [2.75, 3.05) is 7.04 Å². The van der Waals surface area contributed by atoms with Gasteiger partial charge in [-0.15, -0.1) is 0 Å². The van der Waals surface area contributed by atoms with Crippen LogP contribution in [0.25, 0.3) is 10.9 Å². The Morgan fingerprint density at radius 3 is 2.76 bits per heavy atom. The molecule has 21 heavy (non-hydrogen) atoms. The number of hydrogen-bond donors (Lipinski definition) is 1. The Kier molecular flexibility index (Phi) is 2.99. The van der Waals surface area contributed by atoms with Crippen molar-refractivity contribution in [3.8, 4) is 5.75 Å². The molecule has 0 aliphatic heterocycles. The predicted molar refractivity (Wildman–Crippen MR) is 80.8 cm³/mol. The number of carbonyl (C=O) groups is 1. The van der Waals surface area contributed by atoms with E-state index >= 15 is 0 Å². The molecule has 1 heterocycles. The molecule has 0 bridgehead atoms. The van der Waals surface area contributed by atoms with Crippen molar-refractivity contribution < 1.29 is 23.5 Å². The van der Waals surface area contributed by atoms with Crippen LogP contribution in [0.5, 0.6) is 5.75 Å². The van der Waals surface area contributed by atoms with Gasteiger partial charge in [0.05, 0.1) is 23.3 Å². The van der Waals surface area contributed by atoms with Gasteiger partial charge in [0.2, 0.25) is 0 Å². The molecule has 0 fully saturated rings. The van der Waals surface area contributed by atoms with Gasteiger partial charge in [-0.25, -0.2) is 4.79 Å². The van der Waals surface area contributed by atoms with Crippen molar-refractivity contribution >= 4 is 17.0 Å². The van der Waals surface area contributed by atoms with Crippen LogP contribution in [0.4, 0.5) is 4.79 Å². The number of fused-ring (bicyclic) bond motifs is 1. The quantitative estimate of drug-likeness (QED) is 0.923. The number of benzene rings is 1. The Morgan fingerprint density at radius 1 is 1.48 bits per heavy atom. The number of rotatable bonds is 2. The first-order valence-corrected chi connectivity index (χ1v) is 6.60. The van der Waals surface area contributed by atoms with E-state index in [2.05, 4.69) is 0 Å². The van der Waals surface area contributed by atoms with Gasteiger partial charge in [-0.3, -0.25) is 4.57 Å². The Labute approximate surface area is 128 Å². The van der Waals surface area contributed by atoms with Crippen molar-refractivity contribution in [3.05, 3.63) is 29.5 Å². The number of nitrogens with zero attached hydrogens (tertiary/aromatic N) is 1. The molecule has 0 aliphatic rings. The zero-order valence-corrected chi connectivity index (χ0v) is 12.6. The molecule has 5 heteroatoms. The van der Waals surface area contributed by atoms with Crippen LogP contribution in [0.2, 0.25) is 0 Å². The average molecular weight is 294 g/mol. The number of carbonyl (C=O) groups excluding carboxylic acids is 1. The van der Waals surface area contributed by atoms with E-state index in [1.54, 1.807) is 33.8 Å². The van der Waals surface area contributed by atoms with E-state index < -0.39 is 25.3 Å². The van der Waals surface area contributed by atoms with Gasteiger partial charge in [-0.05, 0) is 45.4 Å². The maximum absolute atomic E-state index is 12.4. The minimum atomic E-state index is -2.63. The van der Waals surface area contributed by atoms with Crippen molar-refractivity contribution in [1.82, 2.24) is 4.57 Å². The largest absolute Gasteiger partial charge is 0.496 e. The first-order chi connectivity index (χ1) is 10.9. The van der Waals surface area contributed by atoms with Gasteiger partial charge in [-0.1, -0.05) is 0 Å². The second-order valence-electron chi connectivity index (χ2n) is 5.86. The summed E-state index contributed by atoms with van der Waals surface area (Å²) in [6, 6.07) is 3.13. The molecule has 0 saturated heterocycles. The van der Waals surface area contributed by atoms with Gasteiger partial charge >= 0.3 is 6.09 Å². The molecule has 0 aliphatic carbocycles. The third kappa shape index (κ3) is 2.88. The summed E-state index contributed by atoms with van der Waals surface area (Å²) in [4.78, 5) is 12.4. The zero-order valence-electron chi connectivity index (χ0n) is 15.6. The van der Waals surface area contributed by atoms with Crippen molar-refractivity contribution in [2.45, 2.75) is 39.9 Å². The normalized spacial score (nSPS) is 14.4. The lowest BCUT2D eigenvalue weighted by molar-refractivity contribution is 0.0544. The Morgan fingerprint density at radius 2 is 2.19 bits per heavy atom. The highest BCUT2D eigenvalue weighted by molar-refractivity contribution is 5.95. The van der Waals surface area contributed by atoms with Crippen LogP contribution in [0.1, 0.15) is 36.0 Å². The fourth-order valence-corrected chi connectivity index (χ4v) is 2.28. The summed E-state index contributed by atoms with van der Waals surface area (Å²) in [5.41, 5.74) is 0.851. The predicted octanol–water partition coefficient (Wildman–Crippen LogP) is 3.23. The van der Waals surface area contributed by atoms with E-state index in [0.717, 1.165) is 0 Å². The van der Waals surface area contributed by atoms with E-state index in [9.17, 15) is 9.90 Å².